The molecule has 0 amide bonds. The fraction of sp³-hybridized carbons (Fsp3) is 0.538. The van der Waals surface area contributed by atoms with Crippen molar-refractivity contribution in [2.45, 2.75) is 12.5 Å². The highest BCUT2D eigenvalue weighted by atomic mass is 16.5. The minimum absolute atomic E-state index is 0.373. The summed E-state index contributed by atoms with van der Waals surface area (Å²) in [7, 11) is 3.58. The van der Waals surface area contributed by atoms with Gasteiger partial charge in [0.25, 0.3) is 0 Å². The smallest absolute Gasteiger partial charge is 0.0899 e. The molecule has 0 bridgehead atoms. The molecule has 3 N–H and O–H groups in total. The van der Waals surface area contributed by atoms with Crippen molar-refractivity contribution in [3.63, 3.8) is 0 Å². The first-order valence-corrected chi connectivity index (χ1v) is 5.82. The van der Waals surface area contributed by atoms with Crippen LogP contribution in [0, 0.1) is 0 Å². The molecule has 1 aromatic rings. The van der Waals surface area contributed by atoms with Gasteiger partial charge in [-0.3, -0.25) is 0 Å². The Morgan fingerprint density at radius 1 is 1.41 bits per heavy atom. The molecular weight excluding hydrogens is 216 g/mol. The number of hydrogen-bond donors (Lipinski definition) is 2. The van der Waals surface area contributed by atoms with Crippen LogP contribution in [0.15, 0.2) is 24.3 Å². The Balaban J connectivity index is 2.33. The molecule has 1 rings (SSSR count). The lowest BCUT2D eigenvalue weighted by molar-refractivity contribution is 0.0435. The van der Waals surface area contributed by atoms with Gasteiger partial charge < -0.3 is 20.5 Å². The third kappa shape index (κ3) is 5.17. The fourth-order valence-electron chi connectivity index (χ4n) is 1.77. The molecule has 1 atom stereocenters. The number of hydrogen-bond acceptors (Lipinski definition) is 4. The van der Waals surface area contributed by atoms with Gasteiger partial charge >= 0.3 is 0 Å². The first kappa shape index (κ1) is 14.0. The molecule has 0 saturated carbocycles. The van der Waals surface area contributed by atoms with Crippen molar-refractivity contribution in [3.8, 4) is 0 Å². The van der Waals surface area contributed by atoms with Crippen molar-refractivity contribution in [2.75, 3.05) is 39.6 Å². The number of aliphatic hydroxyl groups is 1. The van der Waals surface area contributed by atoms with E-state index in [-0.39, 0.29) is 0 Å². The Morgan fingerprint density at radius 3 is 2.76 bits per heavy atom. The zero-order valence-corrected chi connectivity index (χ0v) is 10.6. The lowest BCUT2D eigenvalue weighted by atomic mass is 10.1. The summed E-state index contributed by atoms with van der Waals surface area (Å²) < 4.78 is 4.89. The van der Waals surface area contributed by atoms with Crippen molar-refractivity contribution in [3.05, 3.63) is 29.8 Å². The maximum atomic E-state index is 9.58. The van der Waals surface area contributed by atoms with Crippen LogP contribution in [0.1, 0.15) is 5.56 Å². The average Bonchev–Trinajstić information content (AvgIpc) is 2.28. The Bertz CT molecular complexity index is 331. The second kappa shape index (κ2) is 7.27. The molecule has 1 unspecified atom stereocenters. The van der Waals surface area contributed by atoms with E-state index in [1.54, 1.807) is 7.11 Å². The van der Waals surface area contributed by atoms with Gasteiger partial charge in [0.1, 0.15) is 0 Å². The van der Waals surface area contributed by atoms with E-state index < -0.39 is 6.10 Å². The van der Waals surface area contributed by atoms with Crippen molar-refractivity contribution in [1.29, 1.82) is 0 Å². The van der Waals surface area contributed by atoms with Crippen molar-refractivity contribution in [1.82, 2.24) is 4.90 Å². The number of nitrogens with zero attached hydrogens (tertiary/aromatic N) is 1. The Hall–Kier alpha value is -1.10. The van der Waals surface area contributed by atoms with Crippen molar-refractivity contribution >= 4 is 5.69 Å². The topological polar surface area (TPSA) is 58.7 Å². The van der Waals surface area contributed by atoms with Crippen LogP contribution in [0.2, 0.25) is 0 Å². The molecule has 0 fully saturated rings. The molecule has 0 heterocycles. The second-order valence-corrected chi connectivity index (χ2v) is 4.32. The predicted molar refractivity (Wildman–Crippen MR) is 69.9 cm³/mol. The SMILES string of the molecule is COCC(O)CN(C)CCc1ccccc1N. The zero-order valence-electron chi connectivity index (χ0n) is 10.6. The van der Waals surface area contributed by atoms with Gasteiger partial charge in [0.2, 0.25) is 0 Å². The molecule has 0 aliphatic rings. The molecule has 0 aliphatic heterocycles. The molecular formula is C13H22N2O2. The fourth-order valence-corrected chi connectivity index (χ4v) is 1.77. The maximum Gasteiger partial charge on any atom is 0.0899 e. The zero-order chi connectivity index (χ0) is 12.7. The molecule has 0 aliphatic carbocycles. The van der Waals surface area contributed by atoms with E-state index >= 15 is 0 Å². The van der Waals surface area contributed by atoms with Gasteiger partial charge in [-0.1, -0.05) is 18.2 Å². The van der Waals surface area contributed by atoms with E-state index in [1.165, 1.54) is 0 Å². The van der Waals surface area contributed by atoms with Crippen LogP contribution in [-0.2, 0) is 11.2 Å². The van der Waals surface area contributed by atoms with Crippen LogP contribution in [0.3, 0.4) is 0 Å². The minimum Gasteiger partial charge on any atom is -0.399 e. The molecule has 4 nitrogen and oxygen atoms in total. The van der Waals surface area contributed by atoms with Crippen LogP contribution in [0.25, 0.3) is 0 Å². The first-order valence-electron chi connectivity index (χ1n) is 5.82. The number of benzene rings is 1. The van der Waals surface area contributed by atoms with Crippen LogP contribution < -0.4 is 5.73 Å². The highest BCUT2D eigenvalue weighted by Gasteiger charge is 2.08. The number of anilines is 1. The number of rotatable bonds is 7. The highest BCUT2D eigenvalue weighted by Crippen LogP contribution is 2.11. The molecule has 1 aromatic carbocycles. The van der Waals surface area contributed by atoms with Crippen LogP contribution in [-0.4, -0.2) is 50.0 Å². The normalized spacial score (nSPS) is 12.9. The molecule has 0 spiro atoms. The number of ether oxygens (including phenoxy) is 1. The second-order valence-electron chi connectivity index (χ2n) is 4.32. The summed E-state index contributed by atoms with van der Waals surface area (Å²) in [5.74, 6) is 0. The molecule has 17 heavy (non-hydrogen) atoms. The van der Waals surface area contributed by atoms with Crippen LogP contribution >= 0.6 is 0 Å². The largest absolute Gasteiger partial charge is 0.399 e. The van der Waals surface area contributed by atoms with Gasteiger partial charge in [0, 0.05) is 25.9 Å². The van der Waals surface area contributed by atoms with Gasteiger partial charge in [-0.15, -0.1) is 0 Å². The van der Waals surface area contributed by atoms with Gasteiger partial charge in [0.15, 0.2) is 0 Å². The number of nitrogen functional groups attached to an aromatic ring is 1. The summed E-state index contributed by atoms with van der Waals surface area (Å²) in [6, 6.07) is 7.88. The molecule has 0 radical (unpaired) electrons. The number of aliphatic hydroxyl groups excluding tert-OH is 1. The van der Waals surface area contributed by atoms with E-state index in [1.807, 2.05) is 31.3 Å². The van der Waals surface area contributed by atoms with Crippen LogP contribution in [0.5, 0.6) is 0 Å². The molecule has 0 aromatic heterocycles. The van der Waals surface area contributed by atoms with E-state index in [2.05, 4.69) is 4.90 Å². The Morgan fingerprint density at radius 2 is 2.12 bits per heavy atom. The first-order chi connectivity index (χ1) is 8.13. The minimum atomic E-state index is -0.432. The van der Waals surface area contributed by atoms with Gasteiger partial charge in [0.05, 0.1) is 12.7 Å². The maximum absolute atomic E-state index is 9.58. The lowest BCUT2D eigenvalue weighted by Crippen LogP contribution is -2.33. The number of likely N-dealkylation sites (N-methyl/N-ethyl adjacent to an activating group) is 1. The summed E-state index contributed by atoms with van der Waals surface area (Å²) in [6.45, 7) is 1.85. The van der Waals surface area contributed by atoms with E-state index in [0.717, 1.165) is 24.2 Å². The highest BCUT2D eigenvalue weighted by molar-refractivity contribution is 5.46. The lowest BCUT2D eigenvalue weighted by Gasteiger charge is -2.20. The summed E-state index contributed by atoms with van der Waals surface area (Å²) in [5, 5.41) is 9.58. The summed E-state index contributed by atoms with van der Waals surface area (Å²) in [5.41, 5.74) is 7.85. The third-order valence-electron chi connectivity index (χ3n) is 2.70. The monoisotopic (exact) mass is 238 g/mol. The summed E-state index contributed by atoms with van der Waals surface area (Å²) in [6.07, 6.45) is 0.459. The molecule has 96 valence electrons. The Labute approximate surface area is 103 Å². The summed E-state index contributed by atoms with van der Waals surface area (Å²) in [4.78, 5) is 2.08. The quantitative estimate of drug-likeness (QED) is 0.688. The van der Waals surface area contributed by atoms with Gasteiger partial charge in [-0.2, -0.15) is 0 Å². The number of para-hydroxylation sites is 1. The molecule has 4 heteroatoms. The van der Waals surface area contributed by atoms with E-state index in [9.17, 15) is 5.11 Å². The van der Waals surface area contributed by atoms with E-state index in [4.69, 9.17) is 10.5 Å². The van der Waals surface area contributed by atoms with Crippen LogP contribution in [0.4, 0.5) is 5.69 Å². The van der Waals surface area contributed by atoms with Crippen molar-refractivity contribution < 1.29 is 9.84 Å². The van der Waals surface area contributed by atoms with Gasteiger partial charge in [-0.25, -0.2) is 0 Å². The van der Waals surface area contributed by atoms with E-state index in [0.29, 0.717) is 13.2 Å². The van der Waals surface area contributed by atoms with Crippen molar-refractivity contribution in [2.24, 2.45) is 0 Å². The number of methoxy groups -OCH3 is 1. The standard InChI is InChI=1S/C13H22N2O2/c1-15(9-12(16)10-17-2)8-7-11-5-3-4-6-13(11)14/h3-6,12,16H,7-10,14H2,1-2H3. The Kier molecular flexibility index (Phi) is 5.97. The number of nitrogens with two attached hydrogens (primary N) is 1. The van der Waals surface area contributed by atoms with Gasteiger partial charge in [-0.05, 0) is 25.1 Å². The average molecular weight is 238 g/mol. The third-order valence-corrected chi connectivity index (χ3v) is 2.70. The molecule has 0 saturated heterocycles. The predicted octanol–water partition coefficient (Wildman–Crippen LogP) is 0.750. The summed E-state index contributed by atoms with van der Waals surface area (Å²) >= 11 is 0.